The molecule has 0 saturated carbocycles. The summed E-state index contributed by atoms with van der Waals surface area (Å²) in [7, 11) is 0. The minimum Gasteiger partial charge on any atom is -0.324 e. The highest BCUT2D eigenvalue weighted by molar-refractivity contribution is 14.1. The summed E-state index contributed by atoms with van der Waals surface area (Å²) < 4.78 is 1.25. The molecule has 2 rings (SSSR count). The van der Waals surface area contributed by atoms with Crippen molar-refractivity contribution in [1.29, 1.82) is 0 Å². The second kappa shape index (κ2) is 5.09. The molecule has 0 bridgehead atoms. The van der Waals surface area contributed by atoms with Gasteiger partial charge in [-0.15, -0.1) is 11.3 Å². The van der Waals surface area contributed by atoms with Gasteiger partial charge in [0.05, 0.1) is 0 Å². The first-order valence-electron chi connectivity index (χ1n) is 4.80. The van der Waals surface area contributed by atoms with E-state index in [9.17, 15) is 0 Å². The zero-order valence-electron chi connectivity index (χ0n) is 8.19. The van der Waals surface area contributed by atoms with Crippen LogP contribution >= 0.6 is 33.9 Å². The van der Waals surface area contributed by atoms with E-state index in [2.05, 4.69) is 52.2 Å². The summed E-state index contributed by atoms with van der Waals surface area (Å²) in [5.74, 6) is 0. The number of hydrogen-bond acceptors (Lipinski definition) is 2. The Bertz CT molecular complexity index is 425. The van der Waals surface area contributed by atoms with Crippen molar-refractivity contribution in [2.45, 2.75) is 12.5 Å². The molecule has 0 saturated heterocycles. The van der Waals surface area contributed by atoms with Gasteiger partial charge in [0.2, 0.25) is 0 Å². The Morgan fingerprint density at radius 3 is 2.67 bits per heavy atom. The fourth-order valence-corrected chi connectivity index (χ4v) is 3.08. The minimum atomic E-state index is 0.108. The molecular weight excluding hydrogens is 317 g/mol. The van der Waals surface area contributed by atoms with Gasteiger partial charge in [-0.3, -0.25) is 0 Å². The monoisotopic (exact) mass is 329 g/mol. The van der Waals surface area contributed by atoms with E-state index in [1.54, 1.807) is 11.3 Å². The van der Waals surface area contributed by atoms with Crippen molar-refractivity contribution in [3.63, 3.8) is 0 Å². The van der Waals surface area contributed by atoms with Crippen LogP contribution in [0.15, 0.2) is 41.8 Å². The van der Waals surface area contributed by atoms with Crippen LogP contribution in [0.1, 0.15) is 16.5 Å². The predicted molar refractivity (Wildman–Crippen MR) is 74.1 cm³/mol. The van der Waals surface area contributed by atoms with Gasteiger partial charge in [-0.2, -0.15) is 0 Å². The minimum absolute atomic E-state index is 0.108. The molecule has 0 fully saturated rings. The molecule has 15 heavy (non-hydrogen) atoms. The van der Waals surface area contributed by atoms with Gasteiger partial charge in [-0.1, -0.05) is 24.3 Å². The maximum atomic E-state index is 6.19. The van der Waals surface area contributed by atoms with Crippen molar-refractivity contribution in [2.75, 3.05) is 0 Å². The number of halogens is 1. The van der Waals surface area contributed by atoms with E-state index in [0.29, 0.717) is 0 Å². The topological polar surface area (TPSA) is 26.0 Å². The standard InChI is InChI=1S/C12H12INS/c13-11-6-2-1-5-10(11)12(14)8-9-4-3-7-15-9/h1-7,12H,8,14H2. The third-order valence-electron chi connectivity index (χ3n) is 2.31. The lowest BCUT2D eigenvalue weighted by molar-refractivity contribution is 0.726. The smallest absolute Gasteiger partial charge is 0.0354 e. The Morgan fingerprint density at radius 2 is 2.00 bits per heavy atom. The zero-order chi connectivity index (χ0) is 10.7. The summed E-state index contributed by atoms with van der Waals surface area (Å²) in [5.41, 5.74) is 7.43. The van der Waals surface area contributed by atoms with E-state index >= 15 is 0 Å². The molecule has 0 radical (unpaired) electrons. The van der Waals surface area contributed by atoms with Gasteiger partial charge in [0.1, 0.15) is 0 Å². The maximum absolute atomic E-state index is 6.19. The molecule has 1 heterocycles. The summed E-state index contributed by atoms with van der Waals surface area (Å²) >= 11 is 4.11. The summed E-state index contributed by atoms with van der Waals surface area (Å²) in [4.78, 5) is 1.35. The summed E-state index contributed by atoms with van der Waals surface area (Å²) in [6, 6.07) is 12.6. The molecule has 2 aromatic rings. The molecule has 3 heteroatoms. The number of nitrogens with two attached hydrogens (primary N) is 1. The number of rotatable bonds is 3. The SMILES string of the molecule is NC(Cc1cccs1)c1ccccc1I. The molecule has 1 aromatic carbocycles. The lowest BCUT2D eigenvalue weighted by Crippen LogP contribution is -2.13. The Labute approximate surface area is 107 Å². The average molecular weight is 329 g/mol. The van der Waals surface area contributed by atoms with Gasteiger partial charge >= 0.3 is 0 Å². The molecule has 0 aliphatic carbocycles. The van der Waals surface area contributed by atoms with E-state index in [1.165, 1.54) is 14.0 Å². The molecule has 1 unspecified atom stereocenters. The summed E-state index contributed by atoms with van der Waals surface area (Å²) in [6.45, 7) is 0. The van der Waals surface area contributed by atoms with Crippen molar-refractivity contribution in [3.8, 4) is 0 Å². The molecule has 1 nitrogen and oxygen atoms in total. The Kier molecular flexibility index (Phi) is 3.77. The van der Waals surface area contributed by atoms with Gasteiger partial charge in [0.25, 0.3) is 0 Å². The Balaban J connectivity index is 2.15. The maximum Gasteiger partial charge on any atom is 0.0354 e. The van der Waals surface area contributed by atoms with Crippen LogP contribution in [0, 0.1) is 3.57 Å². The molecule has 78 valence electrons. The van der Waals surface area contributed by atoms with Gasteiger partial charge < -0.3 is 5.73 Å². The molecule has 0 spiro atoms. The molecule has 0 aliphatic heterocycles. The molecule has 1 atom stereocenters. The fraction of sp³-hybridized carbons (Fsp3) is 0.167. The fourth-order valence-electron chi connectivity index (χ4n) is 1.53. The zero-order valence-corrected chi connectivity index (χ0v) is 11.2. The first kappa shape index (κ1) is 11.1. The summed E-state index contributed by atoms with van der Waals surface area (Å²) in [6.07, 6.45) is 0.928. The van der Waals surface area contributed by atoms with Gasteiger partial charge in [-0.05, 0) is 45.7 Å². The second-order valence-corrected chi connectivity index (χ2v) is 5.61. The van der Waals surface area contributed by atoms with Crippen molar-refractivity contribution >= 4 is 33.9 Å². The Hall–Kier alpha value is -0.390. The van der Waals surface area contributed by atoms with Crippen LogP contribution in [0.4, 0.5) is 0 Å². The van der Waals surface area contributed by atoms with E-state index in [-0.39, 0.29) is 6.04 Å². The predicted octanol–water partition coefficient (Wildman–Crippen LogP) is 3.60. The molecule has 0 amide bonds. The highest BCUT2D eigenvalue weighted by Crippen LogP contribution is 2.23. The van der Waals surface area contributed by atoms with E-state index in [1.807, 2.05) is 12.1 Å². The third kappa shape index (κ3) is 2.80. The molecule has 1 aromatic heterocycles. The molecule has 0 aliphatic rings. The molecular formula is C12H12INS. The van der Waals surface area contributed by atoms with Crippen LogP contribution in [0.3, 0.4) is 0 Å². The normalized spacial score (nSPS) is 12.7. The van der Waals surface area contributed by atoms with Gasteiger partial charge in [0.15, 0.2) is 0 Å². The van der Waals surface area contributed by atoms with Crippen molar-refractivity contribution < 1.29 is 0 Å². The van der Waals surface area contributed by atoms with E-state index in [0.717, 1.165) is 6.42 Å². The van der Waals surface area contributed by atoms with Crippen molar-refractivity contribution in [2.24, 2.45) is 5.73 Å². The van der Waals surface area contributed by atoms with Crippen molar-refractivity contribution in [3.05, 3.63) is 55.8 Å². The van der Waals surface area contributed by atoms with E-state index < -0.39 is 0 Å². The number of thiophene rings is 1. The van der Waals surface area contributed by atoms with Gasteiger partial charge in [0, 0.05) is 20.9 Å². The third-order valence-corrected chi connectivity index (χ3v) is 4.19. The molecule has 2 N–H and O–H groups in total. The first-order chi connectivity index (χ1) is 7.27. The largest absolute Gasteiger partial charge is 0.324 e. The average Bonchev–Trinajstić information content (AvgIpc) is 2.71. The highest BCUT2D eigenvalue weighted by atomic mass is 127. The number of benzene rings is 1. The summed E-state index contributed by atoms with van der Waals surface area (Å²) in [5, 5.41) is 2.10. The van der Waals surface area contributed by atoms with Crippen LogP contribution in [0.25, 0.3) is 0 Å². The van der Waals surface area contributed by atoms with Crippen molar-refractivity contribution in [1.82, 2.24) is 0 Å². The number of hydrogen-bond donors (Lipinski definition) is 1. The Morgan fingerprint density at radius 1 is 1.20 bits per heavy atom. The highest BCUT2D eigenvalue weighted by Gasteiger charge is 2.10. The van der Waals surface area contributed by atoms with Crippen LogP contribution in [-0.4, -0.2) is 0 Å². The quantitative estimate of drug-likeness (QED) is 0.856. The van der Waals surface area contributed by atoms with E-state index in [4.69, 9.17) is 5.73 Å². The lowest BCUT2D eigenvalue weighted by atomic mass is 10.0. The van der Waals surface area contributed by atoms with Crippen LogP contribution in [-0.2, 0) is 6.42 Å². The van der Waals surface area contributed by atoms with Crippen LogP contribution < -0.4 is 5.73 Å². The van der Waals surface area contributed by atoms with Crippen LogP contribution in [0.2, 0.25) is 0 Å². The van der Waals surface area contributed by atoms with Gasteiger partial charge in [-0.25, -0.2) is 0 Å². The second-order valence-electron chi connectivity index (χ2n) is 3.41. The first-order valence-corrected chi connectivity index (χ1v) is 6.75. The van der Waals surface area contributed by atoms with Crippen LogP contribution in [0.5, 0.6) is 0 Å². The lowest BCUT2D eigenvalue weighted by Gasteiger charge is -2.12.